The summed E-state index contributed by atoms with van der Waals surface area (Å²) in [5, 5.41) is 3.19. The van der Waals surface area contributed by atoms with E-state index < -0.39 is 0 Å². The van der Waals surface area contributed by atoms with Crippen LogP contribution >= 0.6 is 0 Å². The minimum absolute atomic E-state index is 0.0116. The second-order valence-corrected chi connectivity index (χ2v) is 3.56. The number of anilines is 1. The van der Waals surface area contributed by atoms with Crippen molar-refractivity contribution in [3.05, 3.63) is 18.2 Å². The van der Waals surface area contributed by atoms with E-state index in [-0.39, 0.29) is 6.04 Å². The average molecular weight is 233 g/mol. The summed E-state index contributed by atoms with van der Waals surface area (Å²) >= 11 is 0. The number of hydrogen-bond acceptors (Lipinski definition) is 3. The van der Waals surface area contributed by atoms with E-state index in [1.807, 2.05) is 39.0 Å². The van der Waals surface area contributed by atoms with E-state index in [0.29, 0.717) is 13.2 Å². The summed E-state index contributed by atoms with van der Waals surface area (Å²) < 4.78 is 11.0. The molecule has 1 N–H and O–H groups in total. The average Bonchev–Trinajstić information content (AvgIpc) is 2.33. The van der Waals surface area contributed by atoms with Crippen molar-refractivity contribution in [2.45, 2.75) is 26.8 Å². The number of benzene rings is 1. The Labute approximate surface area is 103 Å². The summed E-state index contributed by atoms with van der Waals surface area (Å²) in [6.45, 7) is 7.04. The standard InChI is InChI=1S/C14H19NO2/c1-5-11(4)15-12-8-9-13(16-6-2)14(10-12)17-7-3/h1,8-11,15H,6-7H2,2-4H3. The van der Waals surface area contributed by atoms with Crippen molar-refractivity contribution in [3.63, 3.8) is 0 Å². The summed E-state index contributed by atoms with van der Waals surface area (Å²) in [5.41, 5.74) is 0.933. The SMILES string of the molecule is C#CC(C)Nc1ccc(OCC)c(OCC)c1. The highest BCUT2D eigenvalue weighted by Gasteiger charge is 2.06. The minimum atomic E-state index is -0.0116. The van der Waals surface area contributed by atoms with Gasteiger partial charge in [0.2, 0.25) is 0 Å². The molecule has 0 saturated heterocycles. The molecule has 0 aliphatic heterocycles. The van der Waals surface area contributed by atoms with Crippen molar-refractivity contribution in [1.29, 1.82) is 0 Å². The fourth-order valence-corrected chi connectivity index (χ4v) is 1.43. The zero-order valence-electron chi connectivity index (χ0n) is 10.6. The Hall–Kier alpha value is -1.82. The Kier molecular flexibility index (Phi) is 5.22. The molecule has 1 unspecified atom stereocenters. The Balaban J connectivity index is 2.89. The van der Waals surface area contributed by atoms with Gasteiger partial charge in [-0.2, -0.15) is 0 Å². The molecule has 0 aliphatic carbocycles. The second-order valence-electron chi connectivity index (χ2n) is 3.56. The van der Waals surface area contributed by atoms with Gasteiger partial charge in [-0.15, -0.1) is 6.42 Å². The van der Waals surface area contributed by atoms with Gasteiger partial charge >= 0.3 is 0 Å². The Morgan fingerprint density at radius 3 is 2.47 bits per heavy atom. The maximum Gasteiger partial charge on any atom is 0.163 e. The Morgan fingerprint density at radius 2 is 1.88 bits per heavy atom. The molecule has 3 nitrogen and oxygen atoms in total. The predicted octanol–water partition coefficient (Wildman–Crippen LogP) is 2.92. The largest absolute Gasteiger partial charge is 0.490 e. The van der Waals surface area contributed by atoms with Gasteiger partial charge in [0.25, 0.3) is 0 Å². The van der Waals surface area contributed by atoms with Crippen LogP contribution in [0.2, 0.25) is 0 Å². The van der Waals surface area contributed by atoms with Crippen LogP contribution in [0.1, 0.15) is 20.8 Å². The molecule has 0 radical (unpaired) electrons. The van der Waals surface area contributed by atoms with E-state index in [1.54, 1.807) is 0 Å². The first-order valence-electron chi connectivity index (χ1n) is 5.83. The van der Waals surface area contributed by atoms with Crippen molar-refractivity contribution in [2.24, 2.45) is 0 Å². The number of nitrogens with one attached hydrogen (secondary N) is 1. The molecular weight excluding hydrogens is 214 g/mol. The van der Waals surface area contributed by atoms with Crippen molar-refractivity contribution < 1.29 is 9.47 Å². The quantitative estimate of drug-likeness (QED) is 0.766. The fourth-order valence-electron chi connectivity index (χ4n) is 1.43. The summed E-state index contributed by atoms with van der Waals surface area (Å²) in [6.07, 6.45) is 5.33. The van der Waals surface area contributed by atoms with Gasteiger partial charge in [-0.3, -0.25) is 0 Å². The first kappa shape index (κ1) is 13.2. The molecule has 3 heteroatoms. The number of hydrogen-bond donors (Lipinski definition) is 1. The molecule has 0 spiro atoms. The summed E-state index contributed by atoms with van der Waals surface area (Å²) in [4.78, 5) is 0. The lowest BCUT2D eigenvalue weighted by Crippen LogP contribution is -2.12. The first-order chi connectivity index (χ1) is 8.21. The number of rotatable bonds is 6. The molecule has 17 heavy (non-hydrogen) atoms. The van der Waals surface area contributed by atoms with Gasteiger partial charge in [0, 0.05) is 11.8 Å². The Morgan fingerprint density at radius 1 is 1.24 bits per heavy atom. The van der Waals surface area contributed by atoms with Gasteiger partial charge < -0.3 is 14.8 Å². The molecule has 1 aromatic carbocycles. The predicted molar refractivity (Wildman–Crippen MR) is 70.7 cm³/mol. The number of terminal acetylenes is 1. The molecule has 92 valence electrons. The van der Waals surface area contributed by atoms with Crippen molar-refractivity contribution in [2.75, 3.05) is 18.5 Å². The third-order valence-corrected chi connectivity index (χ3v) is 2.18. The fraction of sp³-hybridized carbons (Fsp3) is 0.429. The van der Waals surface area contributed by atoms with E-state index in [2.05, 4.69) is 11.2 Å². The monoisotopic (exact) mass is 233 g/mol. The van der Waals surface area contributed by atoms with Gasteiger partial charge in [0.1, 0.15) is 0 Å². The molecular formula is C14H19NO2. The summed E-state index contributed by atoms with van der Waals surface area (Å²) in [6, 6.07) is 5.71. The topological polar surface area (TPSA) is 30.5 Å². The van der Waals surface area contributed by atoms with Gasteiger partial charge in [0.05, 0.1) is 19.3 Å². The normalized spacial score (nSPS) is 11.4. The van der Waals surface area contributed by atoms with Crippen LogP contribution in [0.25, 0.3) is 0 Å². The van der Waals surface area contributed by atoms with Crippen LogP contribution in [-0.4, -0.2) is 19.3 Å². The third kappa shape index (κ3) is 3.92. The van der Waals surface area contributed by atoms with Crippen molar-refractivity contribution >= 4 is 5.69 Å². The van der Waals surface area contributed by atoms with E-state index in [9.17, 15) is 0 Å². The molecule has 0 heterocycles. The van der Waals surface area contributed by atoms with Crippen LogP contribution in [0.3, 0.4) is 0 Å². The zero-order valence-corrected chi connectivity index (χ0v) is 10.6. The molecule has 0 amide bonds. The summed E-state index contributed by atoms with van der Waals surface area (Å²) in [5.74, 6) is 4.12. The van der Waals surface area contributed by atoms with Crippen LogP contribution in [0, 0.1) is 12.3 Å². The number of ether oxygens (including phenoxy) is 2. The van der Waals surface area contributed by atoms with E-state index in [4.69, 9.17) is 15.9 Å². The van der Waals surface area contributed by atoms with E-state index >= 15 is 0 Å². The van der Waals surface area contributed by atoms with Crippen LogP contribution in [-0.2, 0) is 0 Å². The second kappa shape index (κ2) is 6.70. The lowest BCUT2D eigenvalue weighted by atomic mass is 10.2. The van der Waals surface area contributed by atoms with Gasteiger partial charge in [-0.25, -0.2) is 0 Å². The third-order valence-electron chi connectivity index (χ3n) is 2.18. The summed E-state index contributed by atoms with van der Waals surface area (Å²) in [7, 11) is 0. The molecule has 0 aromatic heterocycles. The highest BCUT2D eigenvalue weighted by atomic mass is 16.5. The molecule has 1 aromatic rings. The zero-order chi connectivity index (χ0) is 12.7. The Bertz CT molecular complexity index is 396. The minimum Gasteiger partial charge on any atom is -0.490 e. The van der Waals surface area contributed by atoms with Crippen LogP contribution < -0.4 is 14.8 Å². The van der Waals surface area contributed by atoms with Gasteiger partial charge in [-0.05, 0) is 32.9 Å². The highest BCUT2D eigenvalue weighted by Crippen LogP contribution is 2.30. The first-order valence-corrected chi connectivity index (χ1v) is 5.83. The van der Waals surface area contributed by atoms with Crippen molar-refractivity contribution in [3.8, 4) is 23.8 Å². The van der Waals surface area contributed by atoms with Gasteiger partial charge in [0.15, 0.2) is 11.5 Å². The molecule has 0 aliphatic rings. The maximum absolute atomic E-state index is 5.53. The van der Waals surface area contributed by atoms with Crippen LogP contribution in [0.15, 0.2) is 18.2 Å². The molecule has 0 bridgehead atoms. The highest BCUT2D eigenvalue weighted by molar-refractivity contribution is 5.55. The lowest BCUT2D eigenvalue weighted by molar-refractivity contribution is 0.288. The van der Waals surface area contributed by atoms with E-state index in [0.717, 1.165) is 17.2 Å². The molecule has 0 saturated carbocycles. The lowest BCUT2D eigenvalue weighted by Gasteiger charge is -2.14. The smallest absolute Gasteiger partial charge is 0.163 e. The molecule has 1 rings (SSSR count). The molecule has 0 fully saturated rings. The molecule has 1 atom stereocenters. The van der Waals surface area contributed by atoms with Crippen LogP contribution in [0.4, 0.5) is 5.69 Å². The van der Waals surface area contributed by atoms with Gasteiger partial charge in [-0.1, -0.05) is 5.92 Å². The van der Waals surface area contributed by atoms with Crippen LogP contribution in [0.5, 0.6) is 11.5 Å². The van der Waals surface area contributed by atoms with Crippen molar-refractivity contribution in [1.82, 2.24) is 0 Å². The van der Waals surface area contributed by atoms with E-state index in [1.165, 1.54) is 0 Å². The maximum atomic E-state index is 5.53.